The largest absolute Gasteiger partial charge is 0.375 e. The number of aryl methyl sites for hydroxylation is 2. The predicted molar refractivity (Wildman–Crippen MR) is 81.1 cm³/mol. The van der Waals surface area contributed by atoms with Gasteiger partial charge in [-0.2, -0.15) is 0 Å². The Morgan fingerprint density at radius 1 is 1.30 bits per heavy atom. The van der Waals surface area contributed by atoms with Crippen LogP contribution in [0.25, 0.3) is 0 Å². The Hall–Kier alpha value is -1.61. The van der Waals surface area contributed by atoms with E-state index in [0.29, 0.717) is 19.8 Å². The molecule has 2 rings (SSSR count). The molecule has 1 N–H and O–H groups in total. The molecular formula is C17H23NO2. The highest BCUT2D eigenvalue weighted by atomic mass is 16.5. The number of carbonyl (C=O) groups is 1. The van der Waals surface area contributed by atoms with E-state index in [0.717, 1.165) is 24.0 Å². The molecule has 3 heteroatoms. The number of carbonyl (C=O) groups excluding carboxylic acids is 1. The van der Waals surface area contributed by atoms with Gasteiger partial charge in [0.25, 0.3) is 5.91 Å². The van der Waals surface area contributed by atoms with Gasteiger partial charge in [-0.3, -0.25) is 4.79 Å². The Kier molecular flexibility index (Phi) is 5.36. The molecule has 20 heavy (non-hydrogen) atoms. The van der Waals surface area contributed by atoms with E-state index in [9.17, 15) is 4.79 Å². The van der Waals surface area contributed by atoms with Crippen LogP contribution in [0.3, 0.4) is 0 Å². The van der Waals surface area contributed by atoms with Gasteiger partial charge in [0.15, 0.2) is 0 Å². The second-order valence-electron chi connectivity index (χ2n) is 5.46. The molecule has 0 saturated heterocycles. The fourth-order valence-electron chi connectivity index (χ4n) is 2.46. The average Bonchev–Trinajstić information content (AvgIpc) is 2.46. The number of benzene rings is 1. The third kappa shape index (κ3) is 4.20. The summed E-state index contributed by atoms with van der Waals surface area (Å²) in [6.45, 7) is 7.28. The molecule has 1 aliphatic rings. The second-order valence-corrected chi connectivity index (χ2v) is 5.46. The molecule has 108 valence electrons. The van der Waals surface area contributed by atoms with Crippen molar-refractivity contribution >= 4 is 5.91 Å². The van der Waals surface area contributed by atoms with Crippen molar-refractivity contribution in [1.82, 2.24) is 5.32 Å². The summed E-state index contributed by atoms with van der Waals surface area (Å²) < 4.78 is 5.36. The van der Waals surface area contributed by atoms with Gasteiger partial charge in [0.2, 0.25) is 0 Å². The molecule has 0 aliphatic heterocycles. The zero-order valence-electron chi connectivity index (χ0n) is 12.2. The molecule has 3 nitrogen and oxygen atoms in total. The van der Waals surface area contributed by atoms with Crippen LogP contribution in [0.5, 0.6) is 0 Å². The number of ether oxygens (including phenoxy) is 1. The van der Waals surface area contributed by atoms with E-state index < -0.39 is 0 Å². The highest BCUT2D eigenvalue weighted by molar-refractivity contribution is 5.94. The molecule has 0 saturated carbocycles. The standard InChI is InChI=1S/C17H23NO2/c1-13(2)12-20-10-9-18-17(19)16-8-7-14-5-3-4-6-15(14)11-16/h7-8,11H,1,3-6,9-10,12H2,2H3,(H,18,19). The van der Waals surface area contributed by atoms with Gasteiger partial charge in [0.05, 0.1) is 13.2 Å². The highest BCUT2D eigenvalue weighted by Crippen LogP contribution is 2.22. The van der Waals surface area contributed by atoms with Crippen LogP contribution >= 0.6 is 0 Å². The van der Waals surface area contributed by atoms with Gasteiger partial charge >= 0.3 is 0 Å². The molecule has 1 aromatic rings. The lowest BCUT2D eigenvalue weighted by atomic mass is 9.90. The first-order valence-corrected chi connectivity index (χ1v) is 7.29. The summed E-state index contributed by atoms with van der Waals surface area (Å²) in [5.41, 5.74) is 4.48. The lowest BCUT2D eigenvalue weighted by Crippen LogP contribution is -2.27. The topological polar surface area (TPSA) is 38.3 Å². The fraction of sp³-hybridized carbons (Fsp3) is 0.471. The van der Waals surface area contributed by atoms with Gasteiger partial charge in [-0.25, -0.2) is 0 Å². The Bertz CT molecular complexity index is 494. The quantitative estimate of drug-likeness (QED) is 0.639. The minimum Gasteiger partial charge on any atom is -0.375 e. The molecule has 0 atom stereocenters. The summed E-state index contributed by atoms with van der Waals surface area (Å²) in [6.07, 6.45) is 4.73. The lowest BCUT2D eigenvalue weighted by Gasteiger charge is -2.16. The fourth-order valence-corrected chi connectivity index (χ4v) is 2.46. The summed E-state index contributed by atoms with van der Waals surface area (Å²) in [5, 5.41) is 2.89. The van der Waals surface area contributed by atoms with Gasteiger partial charge in [-0.15, -0.1) is 0 Å². The Balaban J connectivity index is 1.82. The van der Waals surface area contributed by atoms with Crippen LogP contribution in [0, 0.1) is 0 Å². The molecule has 1 amide bonds. The normalized spacial score (nSPS) is 13.7. The van der Waals surface area contributed by atoms with Crippen molar-refractivity contribution in [3.05, 3.63) is 47.0 Å². The van der Waals surface area contributed by atoms with Crippen LogP contribution in [0.2, 0.25) is 0 Å². The van der Waals surface area contributed by atoms with Crippen molar-refractivity contribution in [1.29, 1.82) is 0 Å². The molecule has 0 radical (unpaired) electrons. The Morgan fingerprint density at radius 3 is 2.80 bits per heavy atom. The van der Waals surface area contributed by atoms with Gasteiger partial charge < -0.3 is 10.1 Å². The van der Waals surface area contributed by atoms with E-state index in [1.165, 1.54) is 24.0 Å². The van der Waals surface area contributed by atoms with Gasteiger partial charge in [0, 0.05) is 12.1 Å². The Labute approximate surface area is 121 Å². The first kappa shape index (κ1) is 14.8. The molecule has 0 spiro atoms. The third-order valence-corrected chi connectivity index (χ3v) is 3.49. The van der Waals surface area contributed by atoms with Crippen LogP contribution < -0.4 is 5.32 Å². The lowest BCUT2D eigenvalue weighted by molar-refractivity contribution is 0.0926. The molecule has 0 heterocycles. The van der Waals surface area contributed by atoms with Crippen molar-refractivity contribution in [2.45, 2.75) is 32.6 Å². The van der Waals surface area contributed by atoms with Gasteiger partial charge in [-0.1, -0.05) is 18.2 Å². The number of hydrogen-bond acceptors (Lipinski definition) is 2. The van der Waals surface area contributed by atoms with Crippen LogP contribution in [0.1, 0.15) is 41.3 Å². The van der Waals surface area contributed by atoms with Crippen molar-refractivity contribution in [2.24, 2.45) is 0 Å². The van der Waals surface area contributed by atoms with Crippen LogP contribution in [-0.2, 0) is 17.6 Å². The van der Waals surface area contributed by atoms with E-state index >= 15 is 0 Å². The summed E-state index contributed by atoms with van der Waals surface area (Å²) in [5.74, 6) is -0.0164. The van der Waals surface area contributed by atoms with E-state index in [4.69, 9.17) is 4.74 Å². The average molecular weight is 273 g/mol. The molecular weight excluding hydrogens is 250 g/mol. The smallest absolute Gasteiger partial charge is 0.251 e. The number of amides is 1. The van der Waals surface area contributed by atoms with Crippen molar-refractivity contribution in [3.8, 4) is 0 Å². The molecule has 0 unspecified atom stereocenters. The Morgan fingerprint density at radius 2 is 2.05 bits per heavy atom. The van der Waals surface area contributed by atoms with E-state index in [2.05, 4.69) is 18.0 Å². The highest BCUT2D eigenvalue weighted by Gasteiger charge is 2.12. The summed E-state index contributed by atoms with van der Waals surface area (Å²) in [6, 6.07) is 6.06. The molecule has 0 fully saturated rings. The molecule has 0 bridgehead atoms. The van der Waals surface area contributed by atoms with Crippen LogP contribution in [-0.4, -0.2) is 25.7 Å². The third-order valence-electron chi connectivity index (χ3n) is 3.49. The van der Waals surface area contributed by atoms with E-state index in [1.807, 2.05) is 19.1 Å². The maximum atomic E-state index is 12.0. The summed E-state index contributed by atoms with van der Waals surface area (Å²) in [7, 11) is 0. The maximum absolute atomic E-state index is 12.0. The monoisotopic (exact) mass is 273 g/mol. The van der Waals surface area contributed by atoms with Crippen LogP contribution in [0.4, 0.5) is 0 Å². The first-order chi connectivity index (χ1) is 9.66. The molecule has 0 aromatic heterocycles. The van der Waals surface area contributed by atoms with Gasteiger partial charge in [0.1, 0.15) is 0 Å². The number of nitrogens with one attached hydrogen (secondary N) is 1. The van der Waals surface area contributed by atoms with E-state index in [-0.39, 0.29) is 5.91 Å². The number of fused-ring (bicyclic) bond motifs is 1. The van der Waals surface area contributed by atoms with Crippen molar-refractivity contribution < 1.29 is 9.53 Å². The number of hydrogen-bond donors (Lipinski definition) is 1. The van der Waals surface area contributed by atoms with Gasteiger partial charge in [-0.05, 0) is 55.9 Å². The molecule has 1 aliphatic carbocycles. The molecule has 1 aromatic carbocycles. The predicted octanol–water partition coefficient (Wildman–Crippen LogP) is 2.89. The maximum Gasteiger partial charge on any atom is 0.251 e. The SMILES string of the molecule is C=C(C)COCCNC(=O)c1ccc2c(c1)CCCC2. The van der Waals surface area contributed by atoms with Crippen molar-refractivity contribution in [2.75, 3.05) is 19.8 Å². The van der Waals surface area contributed by atoms with Crippen molar-refractivity contribution in [3.63, 3.8) is 0 Å². The van der Waals surface area contributed by atoms with Crippen LogP contribution in [0.15, 0.2) is 30.4 Å². The minimum atomic E-state index is -0.0164. The zero-order chi connectivity index (χ0) is 14.4. The minimum absolute atomic E-state index is 0.0164. The first-order valence-electron chi connectivity index (χ1n) is 7.29. The zero-order valence-corrected chi connectivity index (χ0v) is 12.2. The number of rotatable bonds is 6. The second kappa shape index (κ2) is 7.25. The van der Waals surface area contributed by atoms with E-state index in [1.54, 1.807) is 0 Å². The summed E-state index contributed by atoms with van der Waals surface area (Å²) in [4.78, 5) is 12.0. The summed E-state index contributed by atoms with van der Waals surface area (Å²) >= 11 is 0.